The maximum Gasteiger partial charge on any atom is 0.204 e. The molecule has 3 heteroatoms. The zero-order chi connectivity index (χ0) is 18.3. The van der Waals surface area contributed by atoms with Crippen LogP contribution in [0.2, 0.25) is 0 Å². The highest BCUT2D eigenvalue weighted by Crippen LogP contribution is 2.16. The van der Waals surface area contributed by atoms with Crippen molar-refractivity contribution in [2.45, 2.75) is 0 Å². The van der Waals surface area contributed by atoms with Crippen LogP contribution >= 0.6 is 0 Å². The number of hydrogen-bond donors (Lipinski definition) is 3. The van der Waals surface area contributed by atoms with E-state index < -0.39 is 0 Å². The molecule has 1 aliphatic carbocycles. The number of rotatable bonds is 4. The number of para-hydroxylation sites is 2. The Hall–Kier alpha value is -3.72. The van der Waals surface area contributed by atoms with Gasteiger partial charge >= 0.3 is 0 Å². The van der Waals surface area contributed by atoms with Crippen molar-refractivity contribution in [3.05, 3.63) is 109 Å². The number of nitrogens with one attached hydrogen (secondary N) is 3. The van der Waals surface area contributed by atoms with E-state index in [1.165, 1.54) is 0 Å². The Labute approximate surface area is 159 Å². The van der Waals surface area contributed by atoms with Gasteiger partial charge in [0.05, 0.1) is 0 Å². The van der Waals surface area contributed by atoms with Crippen LogP contribution in [-0.2, 0) is 0 Å². The molecule has 1 aliphatic rings. The first-order valence-corrected chi connectivity index (χ1v) is 8.96. The van der Waals surface area contributed by atoms with Crippen LogP contribution in [0.25, 0.3) is 0 Å². The molecule has 0 bridgehead atoms. The molecule has 3 aromatic rings. The molecule has 0 fully saturated rings. The van der Waals surface area contributed by atoms with Gasteiger partial charge in [0, 0.05) is 59.9 Å². The average Bonchev–Trinajstić information content (AvgIpc) is 2.73. The molecule has 3 N–H and O–H groups in total. The fourth-order valence-corrected chi connectivity index (χ4v) is 2.82. The van der Waals surface area contributed by atoms with Crippen LogP contribution in [0.3, 0.4) is 0 Å². The molecule has 130 valence electrons. The summed E-state index contributed by atoms with van der Waals surface area (Å²) in [5.74, 6) is 0. The highest BCUT2D eigenvalue weighted by atomic mass is 14.9. The van der Waals surface area contributed by atoms with Gasteiger partial charge < -0.3 is 5.32 Å². The van der Waals surface area contributed by atoms with E-state index in [0.29, 0.717) is 0 Å². The standard InChI is InChI=1S/C24H19N3/c1-3-7-19(8-4-1)25-21-11-15-23(16-12-21)27-24-17-13-22(14-18-24)26-20-9-5-2-6-10-20/h1-18,25H/p+2. The van der Waals surface area contributed by atoms with Crippen molar-refractivity contribution < 1.29 is 9.98 Å². The SMILES string of the molecule is C1=CC(=[NH+]c2ccc(Nc3ccccc3)cc2)C=CC1=[NH+]c1ccccc1. The zero-order valence-electron chi connectivity index (χ0n) is 14.9. The van der Waals surface area contributed by atoms with E-state index in [2.05, 4.69) is 88.1 Å². The van der Waals surface area contributed by atoms with Gasteiger partial charge in [-0.05, 0) is 24.3 Å². The molecule has 0 spiro atoms. The van der Waals surface area contributed by atoms with Crippen LogP contribution in [0.4, 0.5) is 22.7 Å². The Morgan fingerprint density at radius 2 is 0.889 bits per heavy atom. The molecule has 0 aromatic heterocycles. The lowest BCUT2D eigenvalue weighted by molar-refractivity contribution is -0.353. The molecule has 0 heterocycles. The summed E-state index contributed by atoms with van der Waals surface area (Å²) in [5, 5.41) is 3.39. The van der Waals surface area contributed by atoms with Gasteiger partial charge in [0.2, 0.25) is 22.8 Å². The Bertz CT molecular complexity index is 994. The molecule has 3 aromatic carbocycles. The third-order valence-corrected chi connectivity index (χ3v) is 4.18. The Kier molecular flexibility index (Phi) is 5.02. The largest absolute Gasteiger partial charge is 0.356 e. The molecule has 27 heavy (non-hydrogen) atoms. The molecular weight excluding hydrogens is 330 g/mol. The predicted octanol–water partition coefficient (Wildman–Crippen LogP) is 2.56. The normalized spacial score (nSPS) is 12.7. The molecule has 0 radical (unpaired) electrons. The second kappa shape index (κ2) is 8.11. The van der Waals surface area contributed by atoms with Gasteiger partial charge in [-0.3, -0.25) is 0 Å². The molecule has 3 nitrogen and oxygen atoms in total. The lowest BCUT2D eigenvalue weighted by Crippen LogP contribution is -2.68. The van der Waals surface area contributed by atoms with Gasteiger partial charge in [-0.25, -0.2) is 9.98 Å². The smallest absolute Gasteiger partial charge is 0.204 e. The van der Waals surface area contributed by atoms with Gasteiger partial charge in [0.25, 0.3) is 0 Å². The molecule has 0 saturated carbocycles. The first-order chi connectivity index (χ1) is 13.3. The second-order valence-corrected chi connectivity index (χ2v) is 6.26. The summed E-state index contributed by atoms with van der Waals surface area (Å²) in [6.07, 6.45) is 8.28. The van der Waals surface area contributed by atoms with E-state index in [1.54, 1.807) is 0 Å². The monoisotopic (exact) mass is 351 g/mol. The maximum atomic E-state index is 3.43. The molecule has 0 amide bonds. The van der Waals surface area contributed by atoms with Crippen molar-refractivity contribution in [3.63, 3.8) is 0 Å². The van der Waals surface area contributed by atoms with Crippen molar-refractivity contribution in [2.75, 3.05) is 5.32 Å². The van der Waals surface area contributed by atoms with Gasteiger partial charge in [-0.1, -0.05) is 36.4 Å². The summed E-state index contributed by atoms with van der Waals surface area (Å²) in [5.41, 5.74) is 6.40. The summed E-state index contributed by atoms with van der Waals surface area (Å²) in [7, 11) is 0. The van der Waals surface area contributed by atoms with Crippen LogP contribution < -0.4 is 15.3 Å². The van der Waals surface area contributed by atoms with Gasteiger partial charge in [0.1, 0.15) is 0 Å². The fourth-order valence-electron chi connectivity index (χ4n) is 2.82. The van der Waals surface area contributed by atoms with E-state index >= 15 is 0 Å². The summed E-state index contributed by atoms with van der Waals surface area (Å²) >= 11 is 0. The molecule has 4 rings (SSSR count). The van der Waals surface area contributed by atoms with Crippen molar-refractivity contribution in [2.24, 2.45) is 0 Å². The van der Waals surface area contributed by atoms with Crippen LogP contribution in [0.15, 0.2) is 109 Å². The molecule has 0 saturated heterocycles. The topological polar surface area (TPSA) is 40.0 Å². The van der Waals surface area contributed by atoms with E-state index in [4.69, 9.17) is 0 Å². The molecular formula is C24H21N3+2. The molecule has 0 aliphatic heterocycles. The molecule has 0 unspecified atom stereocenters. The quantitative estimate of drug-likeness (QED) is 0.621. The van der Waals surface area contributed by atoms with Gasteiger partial charge in [0.15, 0.2) is 0 Å². The van der Waals surface area contributed by atoms with E-state index in [9.17, 15) is 0 Å². The minimum atomic E-state index is 1.05. The first kappa shape index (κ1) is 16.7. The third-order valence-electron chi connectivity index (χ3n) is 4.18. The third kappa shape index (κ3) is 4.67. The van der Waals surface area contributed by atoms with Crippen molar-refractivity contribution in [1.82, 2.24) is 0 Å². The number of allylic oxidation sites excluding steroid dienone is 4. The minimum absolute atomic E-state index is 1.05. The minimum Gasteiger partial charge on any atom is -0.356 e. The second-order valence-electron chi connectivity index (χ2n) is 6.26. The molecule has 0 atom stereocenters. The Morgan fingerprint density at radius 1 is 0.444 bits per heavy atom. The van der Waals surface area contributed by atoms with E-state index in [0.717, 1.165) is 34.2 Å². The van der Waals surface area contributed by atoms with Crippen LogP contribution in [-0.4, -0.2) is 11.4 Å². The highest BCUT2D eigenvalue weighted by molar-refractivity contribution is 6.14. The number of benzene rings is 3. The highest BCUT2D eigenvalue weighted by Gasteiger charge is 2.09. The summed E-state index contributed by atoms with van der Waals surface area (Å²) in [4.78, 5) is 6.82. The van der Waals surface area contributed by atoms with Gasteiger partial charge in [-0.2, -0.15) is 0 Å². The predicted molar refractivity (Wildman–Crippen MR) is 112 cm³/mol. The summed E-state index contributed by atoms with van der Waals surface area (Å²) < 4.78 is 0. The van der Waals surface area contributed by atoms with E-state index in [1.807, 2.05) is 36.4 Å². The van der Waals surface area contributed by atoms with Crippen LogP contribution in [0.5, 0.6) is 0 Å². The lowest BCUT2D eigenvalue weighted by Gasteiger charge is -2.05. The lowest BCUT2D eigenvalue weighted by atomic mass is 10.1. The van der Waals surface area contributed by atoms with Crippen LogP contribution in [0, 0.1) is 0 Å². The van der Waals surface area contributed by atoms with Crippen molar-refractivity contribution in [1.29, 1.82) is 0 Å². The van der Waals surface area contributed by atoms with Crippen molar-refractivity contribution in [3.8, 4) is 0 Å². The summed E-state index contributed by atoms with van der Waals surface area (Å²) in [6.45, 7) is 0. The fraction of sp³-hybridized carbons (Fsp3) is 0. The van der Waals surface area contributed by atoms with Crippen molar-refractivity contribution >= 4 is 34.2 Å². The Morgan fingerprint density at radius 3 is 1.44 bits per heavy atom. The van der Waals surface area contributed by atoms with Crippen LogP contribution in [0.1, 0.15) is 0 Å². The number of anilines is 2. The number of hydrogen-bond acceptors (Lipinski definition) is 1. The maximum absolute atomic E-state index is 3.43. The first-order valence-electron chi connectivity index (χ1n) is 8.96. The summed E-state index contributed by atoms with van der Waals surface area (Å²) in [6, 6.07) is 28.6. The average molecular weight is 351 g/mol. The zero-order valence-corrected chi connectivity index (χ0v) is 14.9. The van der Waals surface area contributed by atoms with E-state index in [-0.39, 0.29) is 0 Å². The Balaban J connectivity index is 1.43. The van der Waals surface area contributed by atoms with Gasteiger partial charge in [-0.15, -0.1) is 0 Å².